The van der Waals surface area contributed by atoms with Crippen LogP contribution in [0.15, 0.2) is 0 Å². The fraction of sp³-hybridized carbons (Fsp3) is 0.918. The Kier molecular flexibility index (Phi) is 21.3. The molecule has 11 N–H and O–H groups in total. The van der Waals surface area contributed by atoms with E-state index in [1.165, 1.54) is 17.7 Å². The first kappa shape index (κ1) is 55.5. The van der Waals surface area contributed by atoms with Gasteiger partial charge in [-0.2, -0.15) is 5.53 Å². The van der Waals surface area contributed by atoms with E-state index in [0.29, 0.717) is 98.8 Å². The first-order valence-corrected chi connectivity index (χ1v) is 28.1. The topological polar surface area (TPSA) is 237 Å². The molecule has 5 saturated heterocycles. The second-order valence-electron chi connectivity index (χ2n) is 22.4. The van der Waals surface area contributed by atoms with Crippen LogP contribution in [0.2, 0.25) is 0 Å². The second kappa shape index (κ2) is 26.8. The average molecular weight is 1010 g/mol. The minimum absolute atomic E-state index is 0.00581. The maximum atomic E-state index is 14.0. The fourth-order valence-corrected chi connectivity index (χ4v) is 13.5. The summed E-state index contributed by atoms with van der Waals surface area (Å²) in [6, 6.07) is 0.165. The maximum Gasteiger partial charge on any atom is 0.246 e. The Bertz CT molecular complexity index is 1670. The molecule has 6 unspecified atom stereocenters. The molecule has 0 bridgehead atoms. The van der Waals surface area contributed by atoms with E-state index in [1.807, 2.05) is 37.5 Å². The number of β-amino-alcohol motifs (C(OH)–C–C–N with tert-alkyl or cyclic N) is 1. The highest BCUT2D eigenvalue weighted by Gasteiger charge is 2.45. The molecular weight excluding hydrogens is 915 g/mol. The number of nitrogens with zero attached hydrogens (tertiary/aromatic N) is 3. The summed E-state index contributed by atoms with van der Waals surface area (Å²) in [4.78, 5) is 54.9. The predicted molar refractivity (Wildman–Crippen MR) is 271 cm³/mol. The summed E-state index contributed by atoms with van der Waals surface area (Å²) in [6.45, 7) is 16.9. The van der Waals surface area contributed by atoms with Crippen molar-refractivity contribution in [2.75, 3.05) is 78.1 Å². The number of ether oxygens (including phenoxy) is 2. The van der Waals surface area contributed by atoms with Crippen LogP contribution in [0.25, 0.3) is 0 Å². The summed E-state index contributed by atoms with van der Waals surface area (Å²) >= 11 is 2.03. The number of fused-ring (bicyclic) bond motifs is 1. The number of aliphatic hydroxyl groups is 1. The molecule has 2 saturated carbocycles. The first-order valence-electron chi connectivity index (χ1n) is 27.0. The minimum Gasteiger partial charge on any atom is -0.391 e. The zero-order valence-electron chi connectivity index (χ0n) is 43.2. The van der Waals surface area contributed by atoms with Gasteiger partial charge in [0.05, 0.1) is 50.8 Å². The summed E-state index contributed by atoms with van der Waals surface area (Å²) in [6.07, 6.45) is 12.3. The summed E-state index contributed by atoms with van der Waals surface area (Å²) in [7, 11) is 0. The van der Waals surface area contributed by atoms with Crippen molar-refractivity contribution in [1.82, 2.24) is 68.5 Å². The van der Waals surface area contributed by atoms with E-state index in [4.69, 9.17) is 9.47 Å². The number of carbonyl (C=O) groups is 4. The Labute approximate surface area is 422 Å². The molecule has 0 spiro atoms. The largest absolute Gasteiger partial charge is 0.391 e. The Balaban J connectivity index is 0.715. The highest BCUT2D eigenvalue weighted by molar-refractivity contribution is 8.00. The van der Waals surface area contributed by atoms with Gasteiger partial charge in [-0.25, -0.2) is 15.4 Å². The van der Waals surface area contributed by atoms with E-state index in [1.54, 1.807) is 0 Å². The molecule has 11 atom stereocenters. The van der Waals surface area contributed by atoms with Crippen molar-refractivity contribution >= 4 is 35.4 Å². The summed E-state index contributed by atoms with van der Waals surface area (Å²) < 4.78 is 11.4. The van der Waals surface area contributed by atoms with Gasteiger partial charge in [0.2, 0.25) is 23.6 Å². The molecule has 20 nitrogen and oxygen atoms in total. The van der Waals surface area contributed by atoms with Gasteiger partial charge in [0.15, 0.2) is 0 Å². The molecule has 0 radical (unpaired) electrons. The Morgan fingerprint density at radius 3 is 2.39 bits per heavy atom. The molecule has 2 aliphatic carbocycles. The molecule has 0 aromatic carbocycles. The van der Waals surface area contributed by atoms with Crippen LogP contribution in [-0.2, 0) is 28.7 Å². The SMILES string of the molecule is CCC(CC)C1CC(N[C@H]2CC[C@H](NCC(=O)NCC3CN(CCOCCOCC(=O)N[C@H](C(=O)N4C[C@H](O)C[C@H]4C(=O)NCC4CCC(C5SCNC5C)CC4)C(C)(C)C)NN3)C2)N2NCCC2N1. The molecule has 7 aliphatic rings. The molecule has 400 valence electrons. The summed E-state index contributed by atoms with van der Waals surface area (Å²) in [5, 5.41) is 39.7. The van der Waals surface area contributed by atoms with Crippen molar-refractivity contribution in [3.8, 4) is 0 Å². The Morgan fingerprint density at radius 1 is 0.871 bits per heavy atom. The zero-order valence-corrected chi connectivity index (χ0v) is 44.0. The fourth-order valence-electron chi connectivity index (χ4n) is 12.1. The number of aliphatic hydroxyl groups excluding tert-OH is 1. The van der Waals surface area contributed by atoms with Crippen LogP contribution in [0.4, 0.5) is 0 Å². The second-order valence-corrected chi connectivity index (χ2v) is 23.6. The normalized spacial score (nSPS) is 33.5. The van der Waals surface area contributed by atoms with E-state index in [0.717, 1.165) is 70.2 Å². The van der Waals surface area contributed by atoms with Gasteiger partial charge in [-0.1, -0.05) is 47.5 Å². The highest BCUT2D eigenvalue weighted by Crippen LogP contribution is 2.39. The van der Waals surface area contributed by atoms with Gasteiger partial charge < -0.3 is 46.1 Å². The summed E-state index contributed by atoms with van der Waals surface area (Å²) in [5.74, 6) is 1.74. The number of carbonyl (C=O) groups excluding carboxylic acids is 4. The van der Waals surface area contributed by atoms with Crippen LogP contribution in [0.5, 0.6) is 0 Å². The third-order valence-electron chi connectivity index (χ3n) is 16.2. The molecule has 7 rings (SSSR count). The number of rotatable bonds is 24. The van der Waals surface area contributed by atoms with Gasteiger partial charge in [-0.3, -0.25) is 35.2 Å². The lowest BCUT2D eigenvalue weighted by Gasteiger charge is -2.45. The quantitative estimate of drug-likeness (QED) is 0.0574. The van der Waals surface area contributed by atoms with Crippen LogP contribution in [0.3, 0.4) is 0 Å². The summed E-state index contributed by atoms with van der Waals surface area (Å²) in [5.41, 5.74) is 9.34. The van der Waals surface area contributed by atoms with Gasteiger partial charge in [0, 0.05) is 81.0 Å². The van der Waals surface area contributed by atoms with Crippen molar-refractivity contribution in [3.63, 3.8) is 0 Å². The van der Waals surface area contributed by atoms with E-state index >= 15 is 0 Å². The molecule has 70 heavy (non-hydrogen) atoms. The number of thioether (sulfide) groups is 1. The average Bonchev–Trinajstić information content (AvgIpc) is 4.21. The Morgan fingerprint density at radius 2 is 1.64 bits per heavy atom. The Hall–Kier alpha value is -2.25. The van der Waals surface area contributed by atoms with Gasteiger partial charge in [-0.05, 0) is 87.9 Å². The van der Waals surface area contributed by atoms with Gasteiger partial charge >= 0.3 is 0 Å². The van der Waals surface area contributed by atoms with Crippen molar-refractivity contribution < 1.29 is 33.8 Å². The number of hydrazine groups is 3. The minimum atomic E-state index is -0.919. The standard InChI is InChI=1S/C49H91N13O7S/c1-7-33(8-2)39-23-42(62-41(56-39)15-16-54-62)55-36-14-13-35(21-36)50-26-43(64)51-25-37-27-60(59-58-37)17-18-68-19-20-69-29-44(65)57-46(49(4,5)6)48(67)61-28-38(63)22-40(61)47(66)52-24-32-9-11-34(12-10-32)45-31(3)53-30-70-45/h31-42,45-46,50,53-56,58-59,63H,7-30H2,1-6H3,(H,51,64)(H,52,66)(H,57,65)/t31?,32?,34?,35-,36-,37?,38+,39?,40-,41?,42?,45?,46+/m0/s1. The molecule has 0 aromatic heterocycles. The first-order chi connectivity index (χ1) is 33.7. The van der Waals surface area contributed by atoms with Crippen molar-refractivity contribution in [2.24, 2.45) is 23.2 Å². The highest BCUT2D eigenvalue weighted by atomic mass is 32.2. The molecule has 5 aliphatic heterocycles. The third kappa shape index (κ3) is 15.6. The zero-order chi connectivity index (χ0) is 49.8. The van der Waals surface area contributed by atoms with Crippen molar-refractivity contribution in [2.45, 2.75) is 185 Å². The van der Waals surface area contributed by atoms with E-state index in [-0.39, 0.29) is 56.5 Å². The molecule has 21 heteroatoms. The van der Waals surface area contributed by atoms with Crippen molar-refractivity contribution in [3.05, 3.63) is 0 Å². The van der Waals surface area contributed by atoms with E-state index in [2.05, 4.69) is 79.4 Å². The molecular formula is C49H91N13O7S. The molecule has 7 fully saturated rings. The predicted octanol–water partition coefficient (Wildman–Crippen LogP) is 0.0564. The number of amides is 4. The third-order valence-corrected chi connectivity index (χ3v) is 17.7. The molecule has 4 amide bonds. The molecule has 0 aromatic rings. The van der Waals surface area contributed by atoms with Gasteiger partial charge in [0.25, 0.3) is 0 Å². The monoisotopic (exact) mass is 1010 g/mol. The lowest BCUT2D eigenvalue weighted by molar-refractivity contribution is -0.144. The van der Waals surface area contributed by atoms with E-state index < -0.39 is 29.5 Å². The lowest BCUT2D eigenvalue weighted by Crippen LogP contribution is -2.66. The smallest absolute Gasteiger partial charge is 0.246 e. The molecule has 5 heterocycles. The van der Waals surface area contributed by atoms with Crippen LogP contribution >= 0.6 is 11.8 Å². The van der Waals surface area contributed by atoms with Crippen LogP contribution in [-0.4, -0.2) is 188 Å². The number of likely N-dealkylation sites (tertiary alicyclic amines) is 1. The van der Waals surface area contributed by atoms with Crippen molar-refractivity contribution in [1.29, 1.82) is 0 Å². The van der Waals surface area contributed by atoms with E-state index in [9.17, 15) is 24.3 Å². The van der Waals surface area contributed by atoms with Gasteiger partial charge in [-0.15, -0.1) is 11.8 Å². The number of nitrogens with one attached hydrogen (secondary N) is 10. The van der Waals surface area contributed by atoms with Crippen LogP contribution in [0, 0.1) is 23.2 Å². The van der Waals surface area contributed by atoms with Crippen LogP contribution < -0.4 is 53.6 Å². The lowest BCUT2D eigenvalue weighted by atomic mass is 9.79. The van der Waals surface area contributed by atoms with Crippen LogP contribution in [0.1, 0.15) is 119 Å². The number of hydrogen-bond acceptors (Lipinski definition) is 17. The van der Waals surface area contributed by atoms with Gasteiger partial charge in [0.1, 0.15) is 18.7 Å². The maximum absolute atomic E-state index is 14.0. The number of hydrogen-bond donors (Lipinski definition) is 11.